The highest BCUT2D eigenvalue weighted by Gasteiger charge is 2.59. The fourth-order valence-electron chi connectivity index (χ4n) is 3.94. The maximum absolute atomic E-state index is 13.7. The Bertz CT molecular complexity index is 951. The van der Waals surface area contributed by atoms with Gasteiger partial charge in [-0.25, -0.2) is 4.39 Å². The first-order valence-corrected chi connectivity index (χ1v) is 10.2. The number of fused-ring (bicyclic) bond motifs is 2. The molecular formula is C21H21FN2O3S. The van der Waals surface area contributed by atoms with Crippen LogP contribution in [-0.2, 0) is 21.0 Å². The smallest absolute Gasteiger partial charge is 0.268 e. The summed E-state index contributed by atoms with van der Waals surface area (Å²) in [5, 5.41) is 0. The van der Waals surface area contributed by atoms with Crippen LogP contribution in [-0.4, -0.2) is 36.1 Å². The molecule has 4 rings (SSSR count). The van der Waals surface area contributed by atoms with Crippen molar-refractivity contribution in [3.63, 3.8) is 0 Å². The summed E-state index contributed by atoms with van der Waals surface area (Å²) in [7, 11) is 1.58. The first-order valence-electron chi connectivity index (χ1n) is 9.20. The van der Waals surface area contributed by atoms with Crippen LogP contribution >= 0.6 is 11.8 Å². The van der Waals surface area contributed by atoms with Gasteiger partial charge in [-0.05, 0) is 35.9 Å². The van der Waals surface area contributed by atoms with E-state index >= 15 is 0 Å². The summed E-state index contributed by atoms with van der Waals surface area (Å²) >= 11 is 1.48. The van der Waals surface area contributed by atoms with Crippen LogP contribution in [0.3, 0.4) is 0 Å². The van der Waals surface area contributed by atoms with Crippen LogP contribution in [0.25, 0.3) is 0 Å². The van der Waals surface area contributed by atoms with Gasteiger partial charge < -0.3 is 14.5 Å². The van der Waals surface area contributed by atoms with Gasteiger partial charge in [-0.3, -0.25) is 9.59 Å². The zero-order valence-electron chi connectivity index (χ0n) is 15.8. The Morgan fingerprint density at radius 2 is 2.11 bits per heavy atom. The van der Waals surface area contributed by atoms with Crippen molar-refractivity contribution in [3.05, 3.63) is 59.4 Å². The molecule has 7 heteroatoms. The second-order valence-electron chi connectivity index (χ2n) is 6.80. The molecule has 2 heterocycles. The minimum atomic E-state index is -1.08. The summed E-state index contributed by atoms with van der Waals surface area (Å²) in [6.07, 6.45) is 0.332. The van der Waals surface area contributed by atoms with Crippen molar-refractivity contribution in [1.82, 2.24) is 4.90 Å². The number of benzene rings is 2. The average molecular weight is 400 g/mol. The molecule has 0 saturated carbocycles. The Kier molecular flexibility index (Phi) is 4.79. The summed E-state index contributed by atoms with van der Waals surface area (Å²) in [6.45, 7) is 2.56. The lowest BCUT2D eigenvalue weighted by Gasteiger charge is -2.33. The van der Waals surface area contributed by atoms with Crippen LogP contribution in [0.5, 0.6) is 5.75 Å². The standard InChI is InChI=1S/C21H21FN2O3S/c1-3-19(25)24-9-10-28-21(24)17-12-16(27-2)7-8-18(17)23(20(21)26)13-14-5-4-6-15(22)11-14/h4-8,11-12H,3,9-10,13H2,1-2H3/t21-/m1/s1. The van der Waals surface area contributed by atoms with Crippen LogP contribution in [0.15, 0.2) is 42.5 Å². The summed E-state index contributed by atoms with van der Waals surface area (Å²) < 4.78 is 19.0. The number of nitrogens with zero attached hydrogens (tertiary/aromatic N) is 2. The molecule has 0 bridgehead atoms. The molecule has 0 aromatic heterocycles. The number of hydrogen-bond donors (Lipinski definition) is 0. The fourth-order valence-corrected chi connectivity index (χ4v) is 5.41. The predicted molar refractivity (Wildman–Crippen MR) is 107 cm³/mol. The van der Waals surface area contributed by atoms with E-state index in [1.54, 1.807) is 42.0 Å². The highest BCUT2D eigenvalue weighted by Crippen LogP contribution is 2.55. The van der Waals surface area contributed by atoms with Crippen LogP contribution in [0.2, 0.25) is 0 Å². The molecule has 0 unspecified atom stereocenters. The molecule has 1 atom stereocenters. The third-order valence-electron chi connectivity index (χ3n) is 5.23. The molecule has 28 heavy (non-hydrogen) atoms. The van der Waals surface area contributed by atoms with Gasteiger partial charge in [0.25, 0.3) is 5.91 Å². The first-order chi connectivity index (χ1) is 13.5. The number of anilines is 1. The maximum Gasteiger partial charge on any atom is 0.268 e. The Labute approximate surface area is 167 Å². The van der Waals surface area contributed by atoms with Crippen LogP contribution in [0.4, 0.5) is 10.1 Å². The number of rotatable bonds is 4. The second-order valence-corrected chi connectivity index (χ2v) is 8.08. The van der Waals surface area contributed by atoms with E-state index in [0.717, 1.165) is 11.3 Å². The van der Waals surface area contributed by atoms with Gasteiger partial charge in [0, 0.05) is 24.3 Å². The molecule has 2 amide bonds. The molecule has 2 aliphatic rings. The maximum atomic E-state index is 13.7. The van der Waals surface area contributed by atoms with Crippen LogP contribution in [0, 0.1) is 5.82 Å². The largest absolute Gasteiger partial charge is 0.497 e. The Morgan fingerprint density at radius 3 is 2.82 bits per heavy atom. The SMILES string of the molecule is CCC(=O)N1CCS[C@]12C(=O)N(Cc1cccc(F)c1)c1ccc(OC)cc12. The van der Waals surface area contributed by atoms with E-state index in [1.807, 2.05) is 12.1 Å². The monoisotopic (exact) mass is 400 g/mol. The Morgan fingerprint density at radius 1 is 1.29 bits per heavy atom. The molecule has 0 N–H and O–H groups in total. The third kappa shape index (κ3) is 2.76. The molecule has 2 aromatic carbocycles. The average Bonchev–Trinajstić information content (AvgIpc) is 3.24. The zero-order valence-corrected chi connectivity index (χ0v) is 16.6. The molecule has 5 nitrogen and oxygen atoms in total. The van der Waals surface area contributed by atoms with E-state index < -0.39 is 4.87 Å². The number of thioether (sulfide) groups is 1. The van der Waals surface area contributed by atoms with E-state index in [1.165, 1.54) is 23.9 Å². The number of carbonyl (C=O) groups is 2. The van der Waals surface area contributed by atoms with Crippen molar-refractivity contribution in [1.29, 1.82) is 0 Å². The van der Waals surface area contributed by atoms with Crippen molar-refractivity contribution in [2.75, 3.05) is 24.3 Å². The predicted octanol–water partition coefficient (Wildman–Crippen LogP) is 3.52. The highest BCUT2D eigenvalue weighted by molar-refractivity contribution is 8.01. The number of halogens is 1. The minimum Gasteiger partial charge on any atom is -0.497 e. The normalized spacial score (nSPS) is 20.8. The van der Waals surface area contributed by atoms with Gasteiger partial charge in [0.05, 0.1) is 19.3 Å². The molecule has 1 saturated heterocycles. The number of methoxy groups -OCH3 is 1. The lowest BCUT2D eigenvalue weighted by atomic mass is 10.0. The number of ether oxygens (including phenoxy) is 1. The number of amides is 2. The van der Waals surface area contributed by atoms with E-state index in [-0.39, 0.29) is 24.2 Å². The molecule has 0 radical (unpaired) electrons. The fraction of sp³-hybridized carbons (Fsp3) is 0.333. The van der Waals surface area contributed by atoms with Gasteiger partial charge in [-0.2, -0.15) is 0 Å². The summed E-state index contributed by atoms with van der Waals surface area (Å²) in [6, 6.07) is 11.7. The van der Waals surface area contributed by atoms with E-state index in [4.69, 9.17) is 4.74 Å². The first kappa shape index (κ1) is 18.8. The highest BCUT2D eigenvalue weighted by atomic mass is 32.2. The van der Waals surface area contributed by atoms with Gasteiger partial charge in [0.1, 0.15) is 11.6 Å². The van der Waals surface area contributed by atoms with E-state index in [2.05, 4.69) is 0 Å². The lowest BCUT2D eigenvalue weighted by Crippen LogP contribution is -2.50. The molecule has 1 fully saturated rings. The quantitative estimate of drug-likeness (QED) is 0.788. The van der Waals surface area contributed by atoms with Crippen molar-refractivity contribution in [2.24, 2.45) is 0 Å². The summed E-state index contributed by atoms with van der Waals surface area (Å²) in [4.78, 5) is 28.6. The van der Waals surface area contributed by atoms with Crippen molar-refractivity contribution in [3.8, 4) is 5.75 Å². The molecular weight excluding hydrogens is 379 g/mol. The minimum absolute atomic E-state index is 0.0558. The second kappa shape index (κ2) is 7.13. The van der Waals surface area contributed by atoms with Gasteiger partial charge >= 0.3 is 0 Å². The third-order valence-corrected chi connectivity index (χ3v) is 6.65. The zero-order chi connectivity index (χ0) is 19.9. The Balaban J connectivity index is 1.83. The molecule has 2 aromatic rings. The molecule has 1 spiro atoms. The number of carbonyl (C=O) groups excluding carboxylic acids is 2. The lowest BCUT2D eigenvalue weighted by molar-refractivity contribution is -0.139. The van der Waals surface area contributed by atoms with Gasteiger partial charge in [0.15, 0.2) is 4.87 Å². The van der Waals surface area contributed by atoms with Crippen molar-refractivity contribution in [2.45, 2.75) is 24.8 Å². The van der Waals surface area contributed by atoms with Gasteiger partial charge in [-0.15, -0.1) is 11.8 Å². The van der Waals surface area contributed by atoms with Crippen LogP contribution < -0.4 is 9.64 Å². The Hall–Kier alpha value is -2.54. The van der Waals surface area contributed by atoms with E-state index in [9.17, 15) is 14.0 Å². The van der Waals surface area contributed by atoms with Crippen molar-refractivity contribution < 1.29 is 18.7 Å². The van der Waals surface area contributed by atoms with Crippen LogP contribution in [0.1, 0.15) is 24.5 Å². The molecule has 146 valence electrons. The summed E-state index contributed by atoms with van der Waals surface area (Å²) in [5.41, 5.74) is 2.19. The van der Waals surface area contributed by atoms with E-state index in [0.29, 0.717) is 30.0 Å². The molecule has 2 aliphatic heterocycles. The van der Waals surface area contributed by atoms with Gasteiger partial charge in [-0.1, -0.05) is 19.1 Å². The van der Waals surface area contributed by atoms with Gasteiger partial charge in [0.2, 0.25) is 5.91 Å². The number of hydrogen-bond acceptors (Lipinski definition) is 4. The summed E-state index contributed by atoms with van der Waals surface area (Å²) in [5.74, 6) is 0.757. The molecule has 0 aliphatic carbocycles. The topological polar surface area (TPSA) is 49.9 Å². The van der Waals surface area contributed by atoms with Crippen molar-refractivity contribution >= 4 is 29.3 Å².